The van der Waals surface area contributed by atoms with Gasteiger partial charge in [0.25, 0.3) is 0 Å². The first-order chi connectivity index (χ1) is 8.03. The molecule has 1 aliphatic rings. The number of Topliss-reactive ketones (excluding diaryl/α,β-unsaturated/α-hetero) is 1. The summed E-state index contributed by atoms with van der Waals surface area (Å²) < 4.78 is 0.935. The maximum absolute atomic E-state index is 12.6. The Balaban J connectivity index is 2.19. The van der Waals surface area contributed by atoms with Crippen molar-refractivity contribution >= 4 is 33.0 Å². The second kappa shape index (κ2) is 5.21. The first kappa shape index (κ1) is 13.2. The molecule has 94 valence electrons. The fourth-order valence-electron chi connectivity index (χ4n) is 2.44. The van der Waals surface area contributed by atoms with Crippen molar-refractivity contribution in [1.29, 1.82) is 0 Å². The number of hydrogen-bond donors (Lipinski definition) is 1. The van der Waals surface area contributed by atoms with Crippen molar-refractivity contribution in [3.8, 4) is 0 Å². The quantitative estimate of drug-likeness (QED) is 0.861. The lowest BCUT2D eigenvalue weighted by Gasteiger charge is -2.36. The van der Waals surface area contributed by atoms with Crippen molar-refractivity contribution in [3.05, 3.63) is 20.8 Å². The molecule has 1 saturated heterocycles. The Morgan fingerprint density at radius 2 is 2.29 bits per heavy atom. The molecule has 17 heavy (non-hydrogen) atoms. The SMILES string of the molecule is CC(C)(C(=O)c1cscc1Br)C1CCCNC1. The number of carbonyl (C=O) groups is 1. The molecule has 0 amide bonds. The van der Waals surface area contributed by atoms with Gasteiger partial charge in [0, 0.05) is 26.2 Å². The average Bonchev–Trinajstić information content (AvgIpc) is 2.75. The Morgan fingerprint density at radius 1 is 1.53 bits per heavy atom. The highest BCUT2D eigenvalue weighted by atomic mass is 79.9. The highest BCUT2D eigenvalue weighted by Crippen LogP contribution is 2.37. The van der Waals surface area contributed by atoms with Crippen molar-refractivity contribution in [2.24, 2.45) is 11.3 Å². The van der Waals surface area contributed by atoms with Gasteiger partial charge < -0.3 is 5.32 Å². The minimum atomic E-state index is -0.281. The van der Waals surface area contributed by atoms with E-state index >= 15 is 0 Å². The zero-order chi connectivity index (χ0) is 12.5. The number of carbonyl (C=O) groups excluding carboxylic acids is 1. The topological polar surface area (TPSA) is 29.1 Å². The molecule has 0 bridgehead atoms. The fraction of sp³-hybridized carbons (Fsp3) is 0.615. The van der Waals surface area contributed by atoms with Crippen molar-refractivity contribution < 1.29 is 4.79 Å². The lowest BCUT2D eigenvalue weighted by atomic mass is 9.71. The van der Waals surface area contributed by atoms with Crippen molar-refractivity contribution in [1.82, 2.24) is 5.32 Å². The van der Waals surface area contributed by atoms with Gasteiger partial charge in [0.15, 0.2) is 5.78 Å². The third-order valence-corrected chi connectivity index (χ3v) is 5.46. The number of piperidine rings is 1. The minimum absolute atomic E-state index is 0.263. The molecule has 1 aliphatic heterocycles. The molecule has 0 spiro atoms. The van der Waals surface area contributed by atoms with Gasteiger partial charge in [-0.15, -0.1) is 0 Å². The van der Waals surface area contributed by atoms with Gasteiger partial charge in [-0.3, -0.25) is 4.79 Å². The second-order valence-corrected chi connectivity index (χ2v) is 6.83. The van der Waals surface area contributed by atoms with E-state index in [2.05, 4.69) is 35.1 Å². The van der Waals surface area contributed by atoms with Crippen LogP contribution in [0, 0.1) is 11.3 Å². The van der Waals surface area contributed by atoms with E-state index in [4.69, 9.17) is 0 Å². The first-order valence-corrected chi connectivity index (χ1v) is 7.74. The standard InChI is InChI=1S/C13H18BrNOS/c1-13(2,9-4-3-5-15-6-9)12(16)10-7-17-8-11(10)14/h7-9,15H,3-6H2,1-2H3. The van der Waals surface area contributed by atoms with Gasteiger partial charge in [-0.05, 0) is 47.8 Å². The molecule has 0 radical (unpaired) electrons. The van der Waals surface area contributed by atoms with E-state index in [1.807, 2.05) is 10.8 Å². The molecular formula is C13H18BrNOS. The second-order valence-electron chi connectivity index (χ2n) is 5.23. The predicted molar refractivity (Wildman–Crippen MR) is 75.7 cm³/mol. The summed E-state index contributed by atoms with van der Waals surface area (Å²) in [6, 6.07) is 0. The summed E-state index contributed by atoms with van der Waals surface area (Å²) in [6.45, 7) is 6.21. The lowest BCUT2D eigenvalue weighted by Crippen LogP contribution is -2.42. The largest absolute Gasteiger partial charge is 0.316 e. The van der Waals surface area contributed by atoms with E-state index in [9.17, 15) is 4.79 Å². The summed E-state index contributed by atoms with van der Waals surface area (Å²) in [7, 11) is 0. The van der Waals surface area contributed by atoms with Crippen molar-refractivity contribution in [2.45, 2.75) is 26.7 Å². The molecule has 1 aromatic rings. The van der Waals surface area contributed by atoms with Crippen LogP contribution in [-0.4, -0.2) is 18.9 Å². The van der Waals surface area contributed by atoms with Crippen LogP contribution >= 0.6 is 27.3 Å². The van der Waals surface area contributed by atoms with Crippen molar-refractivity contribution in [3.63, 3.8) is 0 Å². The number of hydrogen-bond acceptors (Lipinski definition) is 3. The average molecular weight is 316 g/mol. The first-order valence-electron chi connectivity index (χ1n) is 6.00. The minimum Gasteiger partial charge on any atom is -0.316 e. The van der Waals surface area contributed by atoms with E-state index in [1.165, 1.54) is 6.42 Å². The van der Waals surface area contributed by atoms with Crippen LogP contribution in [0.5, 0.6) is 0 Å². The molecule has 0 aliphatic carbocycles. The van der Waals surface area contributed by atoms with Gasteiger partial charge in [0.2, 0.25) is 0 Å². The van der Waals surface area contributed by atoms with Crippen LogP contribution in [-0.2, 0) is 0 Å². The molecule has 2 rings (SSSR count). The van der Waals surface area contributed by atoms with Gasteiger partial charge in [-0.1, -0.05) is 13.8 Å². The van der Waals surface area contributed by atoms with Crippen LogP contribution in [0.4, 0.5) is 0 Å². The van der Waals surface area contributed by atoms with Crippen LogP contribution in [0.1, 0.15) is 37.0 Å². The molecule has 0 aromatic carbocycles. The van der Waals surface area contributed by atoms with Gasteiger partial charge >= 0.3 is 0 Å². The monoisotopic (exact) mass is 315 g/mol. The molecular weight excluding hydrogens is 298 g/mol. The molecule has 1 fully saturated rings. The fourth-order valence-corrected chi connectivity index (χ4v) is 3.90. The van der Waals surface area contributed by atoms with Crippen molar-refractivity contribution in [2.75, 3.05) is 13.1 Å². The molecule has 1 unspecified atom stereocenters. The summed E-state index contributed by atoms with van der Waals surface area (Å²) in [4.78, 5) is 12.6. The summed E-state index contributed by atoms with van der Waals surface area (Å²) in [5.41, 5.74) is 0.558. The van der Waals surface area contributed by atoms with Crippen LogP contribution in [0.2, 0.25) is 0 Å². The number of nitrogens with one attached hydrogen (secondary N) is 1. The molecule has 1 atom stereocenters. The summed E-state index contributed by atoms with van der Waals surface area (Å²) >= 11 is 5.03. The zero-order valence-electron chi connectivity index (χ0n) is 10.3. The Labute approximate surface area is 115 Å². The normalized spacial score (nSPS) is 21.5. The predicted octanol–water partition coefficient (Wildman–Crippen LogP) is 3.72. The third-order valence-electron chi connectivity index (χ3n) is 3.76. The lowest BCUT2D eigenvalue weighted by molar-refractivity contribution is 0.0708. The van der Waals surface area contributed by atoms with E-state index in [-0.39, 0.29) is 11.2 Å². The van der Waals surface area contributed by atoms with Crippen LogP contribution in [0.15, 0.2) is 15.2 Å². The smallest absolute Gasteiger partial charge is 0.170 e. The summed E-state index contributed by atoms with van der Waals surface area (Å²) in [5, 5.41) is 7.32. The summed E-state index contributed by atoms with van der Waals surface area (Å²) in [5.74, 6) is 0.704. The van der Waals surface area contributed by atoms with E-state index in [0.29, 0.717) is 5.92 Å². The highest BCUT2D eigenvalue weighted by Gasteiger charge is 2.38. The van der Waals surface area contributed by atoms with E-state index in [0.717, 1.165) is 29.5 Å². The number of thiophene rings is 1. The number of rotatable bonds is 3. The van der Waals surface area contributed by atoms with Gasteiger partial charge in [-0.2, -0.15) is 11.3 Å². The Bertz CT molecular complexity index is 407. The van der Waals surface area contributed by atoms with E-state index in [1.54, 1.807) is 11.3 Å². The number of halogens is 1. The van der Waals surface area contributed by atoms with Crippen LogP contribution < -0.4 is 5.32 Å². The van der Waals surface area contributed by atoms with Crippen LogP contribution in [0.25, 0.3) is 0 Å². The molecule has 2 nitrogen and oxygen atoms in total. The maximum atomic E-state index is 12.6. The number of ketones is 1. The third kappa shape index (κ3) is 2.64. The molecule has 0 saturated carbocycles. The molecule has 4 heteroatoms. The van der Waals surface area contributed by atoms with Gasteiger partial charge in [-0.25, -0.2) is 0 Å². The highest BCUT2D eigenvalue weighted by molar-refractivity contribution is 9.10. The Hall–Kier alpha value is -0.190. The Morgan fingerprint density at radius 3 is 2.82 bits per heavy atom. The summed E-state index contributed by atoms with van der Waals surface area (Å²) in [6.07, 6.45) is 2.32. The Kier molecular flexibility index (Phi) is 4.06. The van der Waals surface area contributed by atoms with Crippen LogP contribution in [0.3, 0.4) is 0 Å². The molecule has 1 aromatic heterocycles. The molecule has 2 heterocycles. The molecule has 1 N–H and O–H groups in total. The maximum Gasteiger partial charge on any atom is 0.170 e. The zero-order valence-corrected chi connectivity index (χ0v) is 12.7. The van der Waals surface area contributed by atoms with Gasteiger partial charge in [0.1, 0.15) is 0 Å². The van der Waals surface area contributed by atoms with E-state index < -0.39 is 0 Å². The van der Waals surface area contributed by atoms with Gasteiger partial charge in [0.05, 0.1) is 0 Å².